The molecule has 0 aliphatic carbocycles. The lowest BCUT2D eigenvalue weighted by Crippen LogP contribution is -2.64. The largest absolute Gasteiger partial charge is 0.497 e. The molecule has 2 N–H and O–H groups in total. The molecule has 2 heterocycles. The summed E-state index contributed by atoms with van der Waals surface area (Å²) in [6, 6.07) is 7.90. The van der Waals surface area contributed by atoms with Gasteiger partial charge in [-0.15, -0.1) is 0 Å². The molecule has 1 amide bonds. The molecule has 2 aliphatic heterocycles. The quantitative estimate of drug-likeness (QED) is 0.874. The number of methoxy groups -OCH3 is 1. The molecule has 1 unspecified atom stereocenters. The van der Waals surface area contributed by atoms with Gasteiger partial charge in [0, 0.05) is 26.1 Å². The number of carbonyl (C=O) groups excluding carboxylic acids is 1. The van der Waals surface area contributed by atoms with Crippen LogP contribution in [0.2, 0.25) is 0 Å². The van der Waals surface area contributed by atoms with Crippen molar-refractivity contribution in [2.75, 3.05) is 20.2 Å². The van der Waals surface area contributed by atoms with Crippen LogP contribution in [0, 0.1) is 10.8 Å². The highest BCUT2D eigenvalue weighted by Gasteiger charge is 2.50. The standard InChI is InChI=1S/C15H19N3O2/c1-20-12-4-2-11(3-5-12)9-18-10-15(14(18)16)6-7-17-13(19)8-15/h2-5,16H,6-10H2,1H3,(H,17,19). The Bertz CT molecular complexity index is 541. The molecule has 0 saturated carbocycles. The lowest BCUT2D eigenvalue weighted by Gasteiger charge is -2.53. The van der Waals surface area contributed by atoms with Gasteiger partial charge in [-0.1, -0.05) is 12.1 Å². The van der Waals surface area contributed by atoms with Gasteiger partial charge in [-0.05, 0) is 24.1 Å². The van der Waals surface area contributed by atoms with Crippen LogP contribution < -0.4 is 10.1 Å². The fourth-order valence-electron chi connectivity index (χ4n) is 3.09. The predicted octanol–water partition coefficient (Wildman–Crippen LogP) is 1.38. The second kappa shape index (κ2) is 4.81. The maximum atomic E-state index is 11.5. The van der Waals surface area contributed by atoms with Crippen LogP contribution in [0.3, 0.4) is 0 Å². The predicted molar refractivity (Wildman–Crippen MR) is 75.8 cm³/mol. The van der Waals surface area contributed by atoms with Crippen LogP contribution in [-0.2, 0) is 11.3 Å². The van der Waals surface area contributed by atoms with Gasteiger partial charge in [0.05, 0.1) is 12.5 Å². The lowest BCUT2D eigenvalue weighted by molar-refractivity contribution is -0.125. The van der Waals surface area contributed by atoms with Gasteiger partial charge in [-0.2, -0.15) is 0 Å². The van der Waals surface area contributed by atoms with Crippen LogP contribution in [0.4, 0.5) is 0 Å². The smallest absolute Gasteiger partial charge is 0.221 e. The Morgan fingerprint density at radius 1 is 1.40 bits per heavy atom. The second-order valence-electron chi connectivity index (χ2n) is 5.61. The van der Waals surface area contributed by atoms with E-state index in [4.69, 9.17) is 10.1 Å². The number of rotatable bonds is 3. The van der Waals surface area contributed by atoms with Gasteiger partial charge in [0.2, 0.25) is 5.91 Å². The lowest BCUT2D eigenvalue weighted by atomic mass is 9.70. The maximum Gasteiger partial charge on any atom is 0.221 e. The van der Waals surface area contributed by atoms with E-state index >= 15 is 0 Å². The average Bonchev–Trinajstić information content (AvgIpc) is 2.47. The maximum absolute atomic E-state index is 11.5. The number of carbonyl (C=O) groups is 1. The van der Waals surface area contributed by atoms with Crippen molar-refractivity contribution in [2.24, 2.45) is 5.41 Å². The van der Waals surface area contributed by atoms with E-state index in [0.717, 1.165) is 30.8 Å². The monoisotopic (exact) mass is 273 g/mol. The van der Waals surface area contributed by atoms with Crippen LogP contribution >= 0.6 is 0 Å². The van der Waals surface area contributed by atoms with E-state index in [1.807, 2.05) is 29.2 Å². The molecule has 1 spiro atoms. The van der Waals surface area contributed by atoms with E-state index in [2.05, 4.69) is 5.32 Å². The van der Waals surface area contributed by atoms with E-state index in [9.17, 15) is 4.79 Å². The molecule has 106 valence electrons. The van der Waals surface area contributed by atoms with Gasteiger partial charge in [0.25, 0.3) is 0 Å². The Kier molecular flexibility index (Phi) is 3.12. The number of amides is 1. The minimum atomic E-state index is -0.200. The highest BCUT2D eigenvalue weighted by atomic mass is 16.5. The molecule has 2 saturated heterocycles. The zero-order chi connectivity index (χ0) is 14.2. The summed E-state index contributed by atoms with van der Waals surface area (Å²) in [6.45, 7) is 2.23. The molecule has 3 rings (SSSR count). The van der Waals surface area contributed by atoms with Gasteiger partial charge >= 0.3 is 0 Å². The number of likely N-dealkylation sites (tertiary alicyclic amines) is 1. The molecule has 2 fully saturated rings. The minimum Gasteiger partial charge on any atom is -0.497 e. The number of nitrogens with one attached hydrogen (secondary N) is 2. The molecule has 0 aromatic heterocycles. The van der Waals surface area contributed by atoms with Gasteiger partial charge in [0.1, 0.15) is 11.6 Å². The van der Waals surface area contributed by atoms with E-state index in [-0.39, 0.29) is 11.3 Å². The van der Waals surface area contributed by atoms with Gasteiger partial charge in [-0.25, -0.2) is 0 Å². The summed E-state index contributed by atoms with van der Waals surface area (Å²) in [7, 11) is 1.65. The number of nitrogens with zero attached hydrogens (tertiary/aromatic N) is 1. The molecular weight excluding hydrogens is 254 g/mol. The van der Waals surface area contributed by atoms with Crippen molar-refractivity contribution in [3.63, 3.8) is 0 Å². The summed E-state index contributed by atoms with van der Waals surface area (Å²) >= 11 is 0. The summed E-state index contributed by atoms with van der Waals surface area (Å²) in [4.78, 5) is 13.6. The van der Waals surface area contributed by atoms with Crippen LogP contribution in [0.15, 0.2) is 24.3 Å². The van der Waals surface area contributed by atoms with Crippen molar-refractivity contribution in [3.05, 3.63) is 29.8 Å². The molecule has 1 atom stereocenters. The van der Waals surface area contributed by atoms with Crippen molar-refractivity contribution in [3.8, 4) is 5.75 Å². The van der Waals surface area contributed by atoms with Crippen molar-refractivity contribution in [1.82, 2.24) is 10.2 Å². The molecule has 0 bridgehead atoms. The number of hydrogen-bond donors (Lipinski definition) is 2. The first-order chi connectivity index (χ1) is 9.63. The number of benzene rings is 1. The summed E-state index contributed by atoms with van der Waals surface area (Å²) in [5, 5.41) is 11.1. The Labute approximate surface area is 118 Å². The van der Waals surface area contributed by atoms with Crippen molar-refractivity contribution >= 4 is 11.7 Å². The average molecular weight is 273 g/mol. The van der Waals surface area contributed by atoms with E-state index in [0.29, 0.717) is 18.8 Å². The zero-order valence-corrected chi connectivity index (χ0v) is 11.6. The van der Waals surface area contributed by atoms with E-state index in [1.54, 1.807) is 7.11 Å². The van der Waals surface area contributed by atoms with Crippen LogP contribution in [-0.4, -0.2) is 36.8 Å². The zero-order valence-electron chi connectivity index (χ0n) is 11.6. The van der Waals surface area contributed by atoms with Crippen LogP contribution in [0.5, 0.6) is 5.75 Å². The summed E-state index contributed by atoms with van der Waals surface area (Å²) in [5.74, 6) is 1.53. The Morgan fingerprint density at radius 2 is 2.15 bits per heavy atom. The number of piperidine rings is 1. The normalized spacial score (nSPS) is 25.4. The summed E-state index contributed by atoms with van der Waals surface area (Å²) in [6.07, 6.45) is 1.35. The fraction of sp³-hybridized carbons (Fsp3) is 0.467. The molecule has 2 aliphatic rings. The molecule has 20 heavy (non-hydrogen) atoms. The van der Waals surface area contributed by atoms with Crippen LogP contribution in [0.25, 0.3) is 0 Å². The van der Waals surface area contributed by atoms with Gasteiger partial charge in [0.15, 0.2) is 0 Å². The minimum absolute atomic E-state index is 0.0742. The molecule has 1 aromatic carbocycles. The number of amidine groups is 1. The van der Waals surface area contributed by atoms with Gasteiger partial charge < -0.3 is 15.0 Å². The topological polar surface area (TPSA) is 65.4 Å². The fourth-order valence-corrected chi connectivity index (χ4v) is 3.09. The third-order valence-electron chi connectivity index (χ3n) is 4.27. The first kappa shape index (κ1) is 13.0. The first-order valence-corrected chi connectivity index (χ1v) is 6.87. The van der Waals surface area contributed by atoms with E-state index < -0.39 is 0 Å². The molecule has 1 aromatic rings. The SMILES string of the molecule is COc1ccc(CN2CC3(CCNC(=O)C3)C2=N)cc1. The highest BCUT2D eigenvalue weighted by molar-refractivity contribution is 5.96. The third kappa shape index (κ3) is 2.13. The molecule has 0 radical (unpaired) electrons. The Morgan fingerprint density at radius 3 is 2.75 bits per heavy atom. The second-order valence-corrected chi connectivity index (χ2v) is 5.61. The van der Waals surface area contributed by atoms with Crippen molar-refractivity contribution < 1.29 is 9.53 Å². The number of ether oxygens (including phenoxy) is 1. The third-order valence-corrected chi connectivity index (χ3v) is 4.27. The van der Waals surface area contributed by atoms with E-state index in [1.165, 1.54) is 0 Å². The Hall–Kier alpha value is -2.04. The van der Waals surface area contributed by atoms with Gasteiger partial charge in [-0.3, -0.25) is 10.2 Å². The first-order valence-electron chi connectivity index (χ1n) is 6.87. The summed E-state index contributed by atoms with van der Waals surface area (Å²) in [5.41, 5.74) is 0.958. The molecular formula is C15H19N3O2. The highest BCUT2D eigenvalue weighted by Crippen LogP contribution is 2.41. The molecule has 5 nitrogen and oxygen atoms in total. The van der Waals surface area contributed by atoms with Crippen molar-refractivity contribution in [2.45, 2.75) is 19.4 Å². The van der Waals surface area contributed by atoms with Crippen LogP contribution in [0.1, 0.15) is 18.4 Å². The summed E-state index contributed by atoms with van der Waals surface area (Å²) < 4.78 is 5.14. The molecule has 5 heteroatoms. The number of hydrogen-bond acceptors (Lipinski definition) is 3. The Balaban J connectivity index is 1.63. The van der Waals surface area contributed by atoms with Crippen molar-refractivity contribution in [1.29, 1.82) is 5.41 Å².